The first-order chi connectivity index (χ1) is 7.97. The molecule has 1 heterocycles. The molecule has 0 bridgehead atoms. The summed E-state index contributed by atoms with van der Waals surface area (Å²) < 4.78 is 42.4. The lowest BCUT2D eigenvalue weighted by molar-refractivity contribution is -0.141. The fraction of sp³-hybridized carbons (Fsp3) is 0.600. The Morgan fingerprint density at radius 1 is 1.35 bits per heavy atom. The van der Waals surface area contributed by atoms with Crippen LogP contribution in [0.3, 0.4) is 0 Å². The van der Waals surface area contributed by atoms with Gasteiger partial charge in [0.15, 0.2) is 5.69 Å². The summed E-state index contributed by atoms with van der Waals surface area (Å²) in [5.74, 6) is 0. The van der Waals surface area contributed by atoms with Crippen LogP contribution in [0, 0.1) is 0 Å². The minimum Gasteiger partial charge on any atom is -0.458 e. The highest BCUT2D eigenvalue weighted by Gasteiger charge is 2.33. The van der Waals surface area contributed by atoms with Crippen molar-refractivity contribution in [2.24, 2.45) is 5.73 Å². The Morgan fingerprint density at radius 3 is 2.71 bits per heavy atom. The molecule has 0 amide bonds. The van der Waals surface area contributed by atoms with E-state index >= 15 is 0 Å². The normalized spacial score (nSPS) is 24.9. The summed E-state index contributed by atoms with van der Waals surface area (Å²) in [4.78, 5) is 6.99. The lowest BCUT2D eigenvalue weighted by Crippen LogP contribution is -2.34. The Kier molecular flexibility index (Phi) is 3.19. The predicted octanol–water partition coefficient (Wildman–Crippen LogP) is 1.75. The van der Waals surface area contributed by atoms with Crippen LogP contribution in [-0.2, 0) is 6.18 Å². The second-order valence-electron chi connectivity index (χ2n) is 3.97. The van der Waals surface area contributed by atoms with E-state index in [0.29, 0.717) is 0 Å². The van der Waals surface area contributed by atoms with Crippen molar-refractivity contribution in [3.05, 3.63) is 18.0 Å². The minimum atomic E-state index is -4.49. The van der Waals surface area contributed by atoms with Crippen molar-refractivity contribution in [3.63, 3.8) is 0 Å². The van der Waals surface area contributed by atoms with Gasteiger partial charge in [-0.15, -0.1) is 0 Å². The van der Waals surface area contributed by atoms with E-state index in [2.05, 4.69) is 9.97 Å². The molecule has 2 rings (SSSR count). The van der Waals surface area contributed by atoms with Crippen molar-refractivity contribution in [1.82, 2.24) is 9.97 Å². The van der Waals surface area contributed by atoms with Gasteiger partial charge in [0.25, 0.3) is 0 Å². The fourth-order valence-electron chi connectivity index (χ4n) is 1.79. The van der Waals surface area contributed by atoms with Crippen molar-refractivity contribution >= 4 is 0 Å². The molecule has 1 saturated carbocycles. The zero-order valence-electron chi connectivity index (χ0n) is 8.94. The fourth-order valence-corrected chi connectivity index (χ4v) is 1.79. The maximum absolute atomic E-state index is 12.4. The predicted molar refractivity (Wildman–Crippen MR) is 53.3 cm³/mol. The Labute approximate surface area is 96.0 Å². The SMILES string of the molecule is NC1CCCC1Oc1nccc(C(F)(F)F)n1. The van der Waals surface area contributed by atoms with E-state index in [1.54, 1.807) is 0 Å². The second-order valence-corrected chi connectivity index (χ2v) is 3.97. The third-order valence-corrected chi connectivity index (χ3v) is 2.68. The average Bonchev–Trinajstić information content (AvgIpc) is 2.64. The third-order valence-electron chi connectivity index (χ3n) is 2.68. The van der Waals surface area contributed by atoms with Crippen LogP contribution < -0.4 is 10.5 Å². The highest BCUT2D eigenvalue weighted by atomic mass is 19.4. The zero-order chi connectivity index (χ0) is 12.5. The third kappa shape index (κ3) is 2.85. The molecule has 4 nitrogen and oxygen atoms in total. The molecule has 0 radical (unpaired) electrons. The van der Waals surface area contributed by atoms with Crippen LogP contribution in [0.25, 0.3) is 0 Å². The summed E-state index contributed by atoms with van der Waals surface area (Å²) in [6.07, 6.45) is -1.31. The van der Waals surface area contributed by atoms with Gasteiger partial charge in [-0.3, -0.25) is 0 Å². The number of alkyl halides is 3. The van der Waals surface area contributed by atoms with Crippen LogP contribution in [-0.4, -0.2) is 22.1 Å². The number of ether oxygens (including phenoxy) is 1. The minimum absolute atomic E-state index is 0.159. The van der Waals surface area contributed by atoms with E-state index in [9.17, 15) is 13.2 Å². The summed E-state index contributed by atoms with van der Waals surface area (Å²) in [6, 6.07) is 0.386. The van der Waals surface area contributed by atoms with Gasteiger partial charge in [-0.2, -0.15) is 18.2 Å². The summed E-state index contributed by atoms with van der Waals surface area (Å²) >= 11 is 0. The van der Waals surface area contributed by atoms with E-state index in [0.717, 1.165) is 31.5 Å². The monoisotopic (exact) mass is 247 g/mol. The van der Waals surface area contributed by atoms with Crippen molar-refractivity contribution in [2.45, 2.75) is 37.6 Å². The van der Waals surface area contributed by atoms with Gasteiger partial charge in [-0.25, -0.2) is 4.98 Å². The molecular formula is C10H12F3N3O. The molecule has 1 fully saturated rings. The summed E-state index contributed by atoms with van der Waals surface area (Å²) in [7, 11) is 0. The van der Waals surface area contributed by atoms with Gasteiger partial charge in [0.2, 0.25) is 0 Å². The lowest BCUT2D eigenvalue weighted by Gasteiger charge is -2.16. The molecule has 1 aromatic heterocycles. The van der Waals surface area contributed by atoms with E-state index in [1.807, 2.05) is 0 Å². The maximum atomic E-state index is 12.4. The average molecular weight is 247 g/mol. The molecule has 0 saturated heterocycles. The van der Waals surface area contributed by atoms with Crippen molar-refractivity contribution in [1.29, 1.82) is 0 Å². The Hall–Kier alpha value is -1.37. The highest BCUT2D eigenvalue weighted by Crippen LogP contribution is 2.28. The molecule has 1 aromatic rings. The Morgan fingerprint density at radius 2 is 2.12 bits per heavy atom. The first-order valence-electron chi connectivity index (χ1n) is 5.29. The molecule has 0 spiro atoms. The number of nitrogens with two attached hydrogens (primary N) is 1. The van der Waals surface area contributed by atoms with E-state index in [4.69, 9.17) is 10.5 Å². The summed E-state index contributed by atoms with van der Waals surface area (Å²) in [5, 5.41) is 0. The van der Waals surface area contributed by atoms with Gasteiger partial charge < -0.3 is 10.5 Å². The molecule has 2 N–H and O–H groups in total. The molecule has 94 valence electrons. The van der Waals surface area contributed by atoms with Gasteiger partial charge >= 0.3 is 12.2 Å². The zero-order valence-corrected chi connectivity index (χ0v) is 8.94. The standard InChI is InChI=1S/C10H12F3N3O/c11-10(12,13)8-4-5-15-9(16-8)17-7-3-1-2-6(7)14/h4-7H,1-3,14H2. The van der Waals surface area contributed by atoms with Gasteiger partial charge in [-0.1, -0.05) is 0 Å². The quantitative estimate of drug-likeness (QED) is 0.864. The molecule has 0 aromatic carbocycles. The van der Waals surface area contributed by atoms with Gasteiger partial charge in [-0.05, 0) is 25.3 Å². The van der Waals surface area contributed by atoms with Crippen molar-refractivity contribution < 1.29 is 17.9 Å². The molecule has 0 aliphatic heterocycles. The van der Waals surface area contributed by atoms with Crippen LogP contribution in [0.2, 0.25) is 0 Å². The molecule has 17 heavy (non-hydrogen) atoms. The number of rotatable bonds is 2. The smallest absolute Gasteiger partial charge is 0.433 e. The number of aromatic nitrogens is 2. The molecular weight excluding hydrogens is 235 g/mol. The van der Waals surface area contributed by atoms with Crippen molar-refractivity contribution in [3.8, 4) is 6.01 Å². The van der Waals surface area contributed by atoms with Crippen molar-refractivity contribution in [2.75, 3.05) is 0 Å². The van der Waals surface area contributed by atoms with Crippen LogP contribution in [0.1, 0.15) is 25.0 Å². The number of hydrogen-bond donors (Lipinski definition) is 1. The van der Waals surface area contributed by atoms with Crippen LogP contribution in [0.5, 0.6) is 6.01 Å². The first-order valence-corrected chi connectivity index (χ1v) is 5.29. The molecule has 2 unspecified atom stereocenters. The molecule has 1 aliphatic carbocycles. The van der Waals surface area contributed by atoms with Gasteiger partial charge in [0.1, 0.15) is 6.10 Å². The number of nitrogens with zero attached hydrogens (tertiary/aromatic N) is 2. The highest BCUT2D eigenvalue weighted by molar-refractivity contribution is 5.09. The Balaban J connectivity index is 2.11. The van der Waals surface area contributed by atoms with Gasteiger partial charge in [0.05, 0.1) is 0 Å². The van der Waals surface area contributed by atoms with Crippen LogP contribution >= 0.6 is 0 Å². The number of halogens is 3. The summed E-state index contributed by atoms with van der Waals surface area (Å²) in [5.41, 5.74) is 4.74. The topological polar surface area (TPSA) is 61.0 Å². The maximum Gasteiger partial charge on any atom is 0.433 e. The Bertz CT molecular complexity index is 397. The van der Waals surface area contributed by atoms with Crippen LogP contribution in [0.4, 0.5) is 13.2 Å². The first kappa shape index (κ1) is 12.1. The van der Waals surface area contributed by atoms with E-state index in [-0.39, 0.29) is 18.2 Å². The van der Waals surface area contributed by atoms with E-state index < -0.39 is 11.9 Å². The largest absolute Gasteiger partial charge is 0.458 e. The lowest BCUT2D eigenvalue weighted by atomic mass is 10.2. The second kappa shape index (κ2) is 4.48. The van der Waals surface area contributed by atoms with Crippen LogP contribution in [0.15, 0.2) is 12.3 Å². The van der Waals surface area contributed by atoms with Gasteiger partial charge in [0, 0.05) is 12.2 Å². The molecule has 1 aliphatic rings. The number of hydrogen-bond acceptors (Lipinski definition) is 4. The molecule has 2 atom stereocenters. The van der Waals surface area contributed by atoms with E-state index in [1.165, 1.54) is 0 Å². The molecule has 7 heteroatoms. The summed E-state index contributed by atoms with van der Waals surface area (Å²) in [6.45, 7) is 0.